The van der Waals surface area contributed by atoms with E-state index in [0.29, 0.717) is 28.2 Å². The van der Waals surface area contributed by atoms with Crippen molar-refractivity contribution in [1.82, 2.24) is 25.1 Å². The molecular formula is C22H26N6O2S2. The average Bonchev–Trinajstić information content (AvgIpc) is 3.43. The smallest absolute Gasteiger partial charge is 0.251 e. The van der Waals surface area contributed by atoms with Gasteiger partial charge >= 0.3 is 0 Å². The van der Waals surface area contributed by atoms with Crippen molar-refractivity contribution in [2.24, 2.45) is 5.92 Å². The molecule has 0 bridgehead atoms. The molecule has 0 aliphatic heterocycles. The zero-order chi connectivity index (χ0) is 23.1. The molecule has 0 spiro atoms. The molecular weight excluding hydrogens is 444 g/mol. The van der Waals surface area contributed by atoms with Gasteiger partial charge in [-0.05, 0) is 25.0 Å². The van der Waals surface area contributed by atoms with Crippen LogP contribution in [-0.4, -0.2) is 36.8 Å². The fraction of sp³-hybridized carbons (Fsp3) is 0.318. The van der Waals surface area contributed by atoms with Crippen LogP contribution in [-0.2, 0) is 11.3 Å². The summed E-state index contributed by atoms with van der Waals surface area (Å²) in [7, 11) is 0. The van der Waals surface area contributed by atoms with Gasteiger partial charge in [-0.25, -0.2) is 4.98 Å². The lowest BCUT2D eigenvalue weighted by Gasteiger charge is -2.23. The number of carbonyl (C=O) groups excluding carboxylic acids is 2. The van der Waals surface area contributed by atoms with Gasteiger partial charge in [0.1, 0.15) is 0 Å². The van der Waals surface area contributed by atoms with Gasteiger partial charge in [-0.1, -0.05) is 49.9 Å². The number of anilines is 1. The van der Waals surface area contributed by atoms with E-state index < -0.39 is 5.25 Å². The summed E-state index contributed by atoms with van der Waals surface area (Å²) >= 11 is 2.66. The molecule has 10 heteroatoms. The highest BCUT2D eigenvalue weighted by Gasteiger charge is 2.27. The maximum Gasteiger partial charge on any atom is 0.251 e. The van der Waals surface area contributed by atoms with Crippen molar-refractivity contribution in [3.63, 3.8) is 0 Å². The number of hydrogen-bond acceptors (Lipinski definition) is 7. The van der Waals surface area contributed by atoms with Crippen LogP contribution in [0.3, 0.4) is 0 Å². The Morgan fingerprint density at radius 3 is 2.59 bits per heavy atom. The quantitative estimate of drug-likeness (QED) is 0.341. The minimum Gasteiger partial charge on any atom is -0.342 e. The molecule has 0 fully saturated rings. The summed E-state index contributed by atoms with van der Waals surface area (Å²) in [6.07, 6.45) is 3.38. The Labute approximate surface area is 195 Å². The normalized spacial score (nSPS) is 12.9. The van der Waals surface area contributed by atoms with Crippen molar-refractivity contribution in [2.45, 2.75) is 43.8 Å². The summed E-state index contributed by atoms with van der Waals surface area (Å²) in [5.74, 6) is 0.346. The first-order valence-corrected chi connectivity index (χ1v) is 11.9. The van der Waals surface area contributed by atoms with E-state index in [9.17, 15) is 9.59 Å². The Morgan fingerprint density at radius 2 is 1.97 bits per heavy atom. The van der Waals surface area contributed by atoms with Gasteiger partial charge in [-0.3, -0.25) is 9.59 Å². The Bertz CT molecular complexity index is 1050. The van der Waals surface area contributed by atoms with Gasteiger partial charge in [0.05, 0.1) is 11.3 Å². The van der Waals surface area contributed by atoms with Gasteiger partial charge in [-0.2, -0.15) is 0 Å². The summed E-state index contributed by atoms with van der Waals surface area (Å²) in [6.45, 7) is 10.1. The van der Waals surface area contributed by atoms with Gasteiger partial charge in [-0.15, -0.1) is 28.1 Å². The fourth-order valence-electron chi connectivity index (χ4n) is 2.97. The zero-order valence-corrected chi connectivity index (χ0v) is 19.8. The largest absolute Gasteiger partial charge is 0.342 e. The second-order valence-corrected chi connectivity index (χ2v) is 9.59. The minimum absolute atomic E-state index is 0.0684. The Hall–Kier alpha value is -2.98. The molecule has 2 N–H and O–H groups in total. The minimum atomic E-state index is -0.420. The SMILES string of the molecule is C=CCn1c(SC(C)C(=O)Nc2nccs2)nnc1C(NC(=O)c1ccccc1)C(C)C. The second kappa shape index (κ2) is 11.1. The monoisotopic (exact) mass is 470 g/mol. The van der Waals surface area contributed by atoms with E-state index >= 15 is 0 Å². The predicted molar refractivity (Wildman–Crippen MR) is 128 cm³/mol. The number of allylic oxidation sites excluding steroid dienone is 1. The molecule has 0 radical (unpaired) electrons. The maximum atomic E-state index is 12.8. The van der Waals surface area contributed by atoms with Gasteiger partial charge in [0.15, 0.2) is 16.1 Å². The number of amides is 2. The Kier molecular flexibility index (Phi) is 8.18. The number of aromatic nitrogens is 4. The Morgan fingerprint density at radius 1 is 1.22 bits per heavy atom. The number of nitrogens with one attached hydrogen (secondary N) is 2. The molecule has 0 saturated heterocycles. The highest BCUT2D eigenvalue weighted by molar-refractivity contribution is 8.00. The van der Waals surface area contributed by atoms with Crippen LogP contribution in [0.5, 0.6) is 0 Å². The molecule has 0 aliphatic carbocycles. The van der Waals surface area contributed by atoms with Crippen molar-refractivity contribution in [3.8, 4) is 0 Å². The lowest BCUT2D eigenvalue weighted by atomic mass is 10.0. The van der Waals surface area contributed by atoms with Crippen LogP contribution in [0.25, 0.3) is 0 Å². The number of benzene rings is 1. The van der Waals surface area contributed by atoms with E-state index in [4.69, 9.17) is 0 Å². The molecule has 1 aromatic carbocycles. The number of thiazole rings is 1. The summed E-state index contributed by atoms with van der Waals surface area (Å²) in [5, 5.41) is 17.1. The Balaban J connectivity index is 1.80. The molecule has 2 unspecified atom stereocenters. The van der Waals surface area contributed by atoms with Crippen molar-refractivity contribution in [2.75, 3.05) is 5.32 Å². The van der Waals surface area contributed by atoms with Crippen LogP contribution in [0.15, 0.2) is 59.7 Å². The molecule has 8 nitrogen and oxygen atoms in total. The van der Waals surface area contributed by atoms with Gasteiger partial charge in [0.2, 0.25) is 5.91 Å². The number of thioether (sulfide) groups is 1. The van der Waals surface area contributed by atoms with Gasteiger partial charge < -0.3 is 15.2 Å². The summed E-state index contributed by atoms with van der Waals surface area (Å²) in [6, 6.07) is 8.70. The molecule has 0 saturated carbocycles. The van der Waals surface area contributed by atoms with Crippen molar-refractivity contribution in [1.29, 1.82) is 0 Å². The first-order chi connectivity index (χ1) is 15.4. The van der Waals surface area contributed by atoms with E-state index in [1.807, 2.05) is 36.6 Å². The molecule has 2 aromatic heterocycles. The molecule has 2 amide bonds. The molecule has 2 heterocycles. The summed E-state index contributed by atoms with van der Waals surface area (Å²) in [5.41, 5.74) is 0.579. The number of carbonyl (C=O) groups is 2. The third-order valence-corrected chi connectivity index (χ3v) is 6.41. The van der Waals surface area contributed by atoms with Crippen molar-refractivity contribution < 1.29 is 9.59 Å². The maximum absolute atomic E-state index is 12.8. The van der Waals surface area contributed by atoms with Crippen LogP contribution in [0.1, 0.15) is 43.0 Å². The molecule has 2 atom stereocenters. The topological polar surface area (TPSA) is 102 Å². The summed E-state index contributed by atoms with van der Waals surface area (Å²) < 4.78 is 1.89. The van der Waals surface area contributed by atoms with Crippen LogP contribution in [0.2, 0.25) is 0 Å². The fourth-order valence-corrected chi connectivity index (χ4v) is 4.36. The second-order valence-electron chi connectivity index (χ2n) is 7.39. The highest BCUT2D eigenvalue weighted by Crippen LogP contribution is 2.28. The lowest BCUT2D eigenvalue weighted by Crippen LogP contribution is -2.34. The average molecular weight is 471 g/mol. The zero-order valence-electron chi connectivity index (χ0n) is 18.2. The lowest BCUT2D eigenvalue weighted by molar-refractivity contribution is -0.115. The predicted octanol–water partition coefficient (Wildman–Crippen LogP) is 4.17. The standard InChI is InChI=1S/C22H26N6O2S2/c1-5-12-28-18(17(14(2)3)24-20(30)16-9-7-6-8-10-16)26-27-22(28)32-15(4)19(29)25-21-23-11-13-31-21/h5-11,13-15,17H,1,12H2,2-4H3,(H,24,30)(H,23,25,29). The van der Waals surface area contributed by atoms with E-state index in [1.54, 1.807) is 36.7 Å². The van der Waals surface area contributed by atoms with Crippen LogP contribution >= 0.6 is 23.1 Å². The number of hydrogen-bond donors (Lipinski definition) is 2. The van der Waals surface area contributed by atoms with E-state index in [2.05, 4.69) is 32.4 Å². The van der Waals surface area contributed by atoms with E-state index in [1.165, 1.54) is 23.1 Å². The van der Waals surface area contributed by atoms with E-state index in [-0.39, 0.29) is 23.8 Å². The third-order valence-electron chi connectivity index (χ3n) is 4.64. The van der Waals surface area contributed by atoms with Crippen molar-refractivity contribution in [3.05, 3.63) is 66.0 Å². The van der Waals surface area contributed by atoms with Gasteiger partial charge in [0.25, 0.3) is 5.91 Å². The van der Waals surface area contributed by atoms with Crippen LogP contribution in [0.4, 0.5) is 5.13 Å². The first kappa shape index (κ1) is 23.7. The first-order valence-electron chi connectivity index (χ1n) is 10.2. The molecule has 3 rings (SSSR count). The third kappa shape index (κ3) is 5.83. The highest BCUT2D eigenvalue weighted by atomic mass is 32.2. The molecule has 0 aliphatic rings. The van der Waals surface area contributed by atoms with Gasteiger partial charge in [0, 0.05) is 23.7 Å². The van der Waals surface area contributed by atoms with Crippen LogP contribution < -0.4 is 10.6 Å². The van der Waals surface area contributed by atoms with Crippen LogP contribution in [0, 0.1) is 5.92 Å². The number of nitrogens with zero attached hydrogens (tertiary/aromatic N) is 4. The van der Waals surface area contributed by atoms with Crippen molar-refractivity contribution >= 4 is 40.0 Å². The molecule has 168 valence electrons. The number of rotatable bonds is 10. The molecule has 32 heavy (non-hydrogen) atoms. The molecule has 3 aromatic rings. The summed E-state index contributed by atoms with van der Waals surface area (Å²) in [4.78, 5) is 29.4. The van der Waals surface area contributed by atoms with E-state index in [0.717, 1.165) is 0 Å².